The summed E-state index contributed by atoms with van der Waals surface area (Å²) >= 11 is 4.99. The van der Waals surface area contributed by atoms with Crippen LogP contribution in [-0.4, -0.2) is 10.9 Å². The molecule has 1 aliphatic rings. The van der Waals surface area contributed by atoms with Gasteiger partial charge in [-0.05, 0) is 23.3 Å². The molecule has 1 aliphatic heterocycles. The molecule has 0 aromatic heterocycles. The molecule has 1 heterocycles. The lowest BCUT2D eigenvalue weighted by Gasteiger charge is -2.18. The third-order valence-corrected chi connectivity index (χ3v) is 3.71. The summed E-state index contributed by atoms with van der Waals surface area (Å²) in [5.74, 6) is 0.131. The first-order valence-electron chi connectivity index (χ1n) is 6.42. The standard InChI is InChI=1S/C16H14N2OS/c17-16(20)13-6-3-4-11(8-13)10-18-14-7-2-1-5-12(14)9-15(18)19/h1-8H,9-10H2,(H2,17,20). The molecule has 0 saturated carbocycles. The molecule has 3 nitrogen and oxygen atoms in total. The average Bonchev–Trinajstić information content (AvgIpc) is 2.76. The van der Waals surface area contributed by atoms with Crippen LogP contribution in [0.15, 0.2) is 48.5 Å². The molecular formula is C16H14N2OS. The minimum absolute atomic E-state index is 0.131. The van der Waals surface area contributed by atoms with Gasteiger partial charge in [-0.25, -0.2) is 0 Å². The van der Waals surface area contributed by atoms with Crippen LogP contribution >= 0.6 is 12.2 Å². The Morgan fingerprint density at radius 3 is 2.80 bits per heavy atom. The van der Waals surface area contributed by atoms with Gasteiger partial charge in [0.1, 0.15) is 4.99 Å². The first kappa shape index (κ1) is 12.8. The summed E-state index contributed by atoms with van der Waals surface area (Å²) in [6.07, 6.45) is 0.477. The molecule has 0 aliphatic carbocycles. The Labute approximate surface area is 123 Å². The van der Waals surface area contributed by atoms with E-state index in [9.17, 15) is 4.79 Å². The van der Waals surface area contributed by atoms with Crippen molar-refractivity contribution in [2.24, 2.45) is 5.73 Å². The molecule has 0 bridgehead atoms. The Morgan fingerprint density at radius 1 is 1.20 bits per heavy atom. The third kappa shape index (κ3) is 2.30. The van der Waals surface area contributed by atoms with Gasteiger partial charge in [-0.15, -0.1) is 0 Å². The van der Waals surface area contributed by atoms with Crippen LogP contribution in [0.25, 0.3) is 0 Å². The maximum atomic E-state index is 12.1. The molecule has 4 heteroatoms. The molecule has 0 atom stereocenters. The van der Waals surface area contributed by atoms with Gasteiger partial charge in [0, 0.05) is 11.3 Å². The largest absolute Gasteiger partial charge is 0.389 e. The summed E-state index contributed by atoms with van der Waals surface area (Å²) in [6.45, 7) is 0.548. The van der Waals surface area contributed by atoms with Gasteiger partial charge in [-0.2, -0.15) is 0 Å². The number of hydrogen-bond donors (Lipinski definition) is 1. The lowest BCUT2D eigenvalue weighted by atomic mass is 10.1. The van der Waals surface area contributed by atoms with Crippen molar-refractivity contribution in [3.8, 4) is 0 Å². The van der Waals surface area contributed by atoms with E-state index < -0.39 is 0 Å². The van der Waals surface area contributed by atoms with Crippen LogP contribution in [0.3, 0.4) is 0 Å². The van der Waals surface area contributed by atoms with Gasteiger partial charge in [-0.3, -0.25) is 4.79 Å². The number of carbonyl (C=O) groups excluding carboxylic acids is 1. The number of amides is 1. The molecule has 2 aromatic carbocycles. The van der Waals surface area contributed by atoms with Crippen molar-refractivity contribution in [1.82, 2.24) is 0 Å². The highest BCUT2D eigenvalue weighted by Gasteiger charge is 2.26. The number of carbonyl (C=O) groups is 1. The van der Waals surface area contributed by atoms with Crippen molar-refractivity contribution in [3.05, 3.63) is 65.2 Å². The normalized spacial score (nSPS) is 13.4. The monoisotopic (exact) mass is 282 g/mol. The Hall–Kier alpha value is -2.20. The first-order valence-corrected chi connectivity index (χ1v) is 6.83. The topological polar surface area (TPSA) is 46.3 Å². The average molecular weight is 282 g/mol. The summed E-state index contributed by atoms with van der Waals surface area (Å²) in [6, 6.07) is 15.6. The molecule has 0 saturated heterocycles. The van der Waals surface area contributed by atoms with Crippen molar-refractivity contribution < 1.29 is 4.79 Å². The zero-order valence-electron chi connectivity index (χ0n) is 10.9. The Bertz CT molecular complexity index is 696. The summed E-state index contributed by atoms with van der Waals surface area (Å²) in [7, 11) is 0. The minimum Gasteiger partial charge on any atom is -0.389 e. The van der Waals surface area contributed by atoms with Gasteiger partial charge in [0.2, 0.25) is 5.91 Å². The second-order valence-corrected chi connectivity index (χ2v) is 5.29. The zero-order valence-corrected chi connectivity index (χ0v) is 11.7. The van der Waals surface area contributed by atoms with Crippen molar-refractivity contribution in [3.63, 3.8) is 0 Å². The molecule has 100 valence electrons. The van der Waals surface area contributed by atoms with Gasteiger partial charge in [0.15, 0.2) is 0 Å². The molecule has 20 heavy (non-hydrogen) atoms. The predicted octanol–water partition coefficient (Wildman–Crippen LogP) is 2.41. The first-order chi connectivity index (χ1) is 9.65. The fourth-order valence-electron chi connectivity index (χ4n) is 2.50. The lowest BCUT2D eigenvalue weighted by Crippen LogP contribution is -2.26. The van der Waals surface area contributed by atoms with Gasteiger partial charge in [0.25, 0.3) is 0 Å². The third-order valence-electron chi connectivity index (χ3n) is 3.48. The molecule has 3 rings (SSSR count). The van der Waals surface area contributed by atoms with E-state index in [2.05, 4.69) is 0 Å². The van der Waals surface area contributed by atoms with Crippen molar-refractivity contribution in [2.45, 2.75) is 13.0 Å². The van der Waals surface area contributed by atoms with E-state index in [1.54, 1.807) is 0 Å². The number of fused-ring (bicyclic) bond motifs is 1. The van der Waals surface area contributed by atoms with Gasteiger partial charge in [-0.1, -0.05) is 48.6 Å². The van der Waals surface area contributed by atoms with E-state index in [4.69, 9.17) is 18.0 Å². The van der Waals surface area contributed by atoms with E-state index in [0.717, 1.165) is 22.4 Å². The lowest BCUT2D eigenvalue weighted by molar-refractivity contribution is -0.117. The van der Waals surface area contributed by atoms with E-state index in [1.165, 1.54) is 0 Å². The number of nitrogens with two attached hydrogens (primary N) is 1. The van der Waals surface area contributed by atoms with Crippen LogP contribution < -0.4 is 10.6 Å². The highest BCUT2D eigenvalue weighted by atomic mass is 32.1. The molecular weight excluding hydrogens is 268 g/mol. The van der Waals surface area contributed by atoms with Crippen LogP contribution in [0, 0.1) is 0 Å². The number of hydrogen-bond acceptors (Lipinski definition) is 2. The van der Waals surface area contributed by atoms with E-state index >= 15 is 0 Å². The minimum atomic E-state index is 0.131. The van der Waals surface area contributed by atoms with Crippen molar-refractivity contribution in [1.29, 1.82) is 0 Å². The fourth-order valence-corrected chi connectivity index (χ4v) is 2.62. The SMILES string of the molecule is NC(=S)c1cccc(CN2C(=O)Cc3ccccc32)c1. The van der Waals surface area contributed by atoms with Crippen LogP contribution in [-0.2, 0) is 17.8 Å². The van der Waals surface area contributed by atoms with Crippen molar-refractivity contribution in [2.75, 3.05) is 4.90 Å². The summed E-state index contributed by atoms with van der Waals surface area (Å²) in [5, 5.41) is 0. The van der Waals surface area contributed by atoms with Crippen LogP contribution in [0.1, 0.15) is 16.7 Å². The summed E-state index contributed by atoms with van der Waals surface area (Å²) < 4.78 is 0. The summed E-state index contributed by atoms with van der Waals surface area (Å²) in [5.41, 5.74) is 9.59. The molecule has 1 amide bonds. The molecule has 2 N–H and O–H groups in total. The molecule has 0 spiro atoms. The number of thiocarbonyl (C=S) groups is 1. The number of para-hydroxylation sites is 1. The number of rotatable bonds is 3. The smallest absolute Gasteiger partial charge is 0.231 e. The predicted molar refractivity (Wildman–Crippen MR) is 83.7 cm³/mol. The number of benzene rings is 2. The molecule has 0 fully saturated rings. The molecule has 2 aromatic rings. The maximum Gasteiger partial charge on any atom is 0.231 e. The van der Waals surface area contributed by atoms with Crippen LogP contribution in [0.2, 0.25) is 0 Å². The maximum absolute atomic E-state index is 12.1. The van der Waals surface area contributed by atoms with E-state index in [-0.39, 0.29) is 5.91 Å². The highest BCUT2D eigenvalue weighted by Crippen LogP contribution is 2.29. The second kappa shape index (κ2) is 5.06. The number of anilines is 1. The highest BCUT2D eigenvalue weighted by molar-refractivity contribution is 7.80. The van der Waals surface area contributed by atoms with Crippen molar-refractivity contribution >= 4 is 28.8 Å². The quantitative estimate of drug-likeness (QED) is 0.879. The van der Waals surface area contributed by atoms with Gasteiger partial charge < -0.3 is 10.6 Å². The Kier molecular flexibility index (Phi) is 3.24. The van der Waals surface area contributed by atoms with Crippen LogP contribution in [0.4, 0.5) is 5.69 Å². The Balaban J connectivity index is 1.90. The fraction of sp³-hybridized carbons (Fsp3) is 0.125. The Morgan fingerprint density at radius 2 is 2.00 bits per heavy atom. The molecule has 0 unspecified atom stereocenters. The number of nitrogens with zero attached hydrogens (tertiary/aromatic N) is 1. The van der Waals surface area contributed by atoms with E-state index in [1.807, 2.05) is 53.4 Å². The second-order valence-electron chi connectivity index (χ2n) is 4.85. The zero-order chi connectivity index (χ0) is 14.1. The van der Waals surface area contributed by atoms with Gasteiger partial charge in [0.05, 0.1) is 13.0 Å². The molecule has 0 radical (unpaired) electrons. The van der Waals surface area contributed by atoms with Gasteiger partial charge >= 0.3 is 0 Å². The van der Waals surface area contributed by atoms with Crippen LogP contribution in [0.5, 0.6) is 0 Å². The van der Waals surface area contributed by atoms with E-state index in [0.29, 0.717) is 18.0 Å². The summed E-state index contributed by atoms with van der Waals surface area (Å²) in [4.78, 5) is 14.3.